The molecule has 1 aromatic heterocycles. The van der Waals surface area contributed by atoms with Crippen molar-refractivity contribution in [3.8, 4) is 17.2 Å². The number of hydrogen-bond acceptors (Lipinski definition) is 12. The highest BCUT2D eigenvalue weighted by atomic mass is 16.6. The first-order chi connectivity index (χ1) is 32.3. The Kier molecular flexibility index (Phi) is 11.0. The van der Waals surface area contributed by atoms with Crippen molar-refractivity contribution in [1.82, 2.24) is 19.4 Å². The minimum atomic E-state index is -1.60. The molecular formula is C54H63N5O9. The second kappa shape index (κ2) is 16.3. The summed E-state index contributed by atoms with van der Waals surface area (Å²) in [5, 5.41) is 3.77. The normalized spacial score (nSPS) is 28.1. The van der Waals surface area contributed by atoms with Gasteiger partial charge in [-0.2, -0.15) is 0 Å². The Balaban J connectivity index is 1.25. The van der Waals surface area contributed by atoms with E-state index in [4.69, 9.17) is 28.7 Å². The van der Waals surface area contributed by atoms with Gasteiger partial charge in [0.25, 0.3) is 0 Å². The van der Waals surface area contributed by atoms with Crippen LogP contribution in [0.1, 0.15) is 110 Å². The quantitative estimate of drug-likeness (QED) is 0.0648. The van der Waals surface area contributed by atoms with Gasteiger partial charge in [0.2, 0.25) is 11.9 Å². The lowest BCUT2D eigenvalue weighted by Gasteiger charge is -2.62. The van der Waals surface area contributed by atoms with Crippen molar-refractivity contribution in [3.05, 3.63) is 87.6 Å². The number of imidazole rings is 1. The molecule has 14 heteroatoms. The van der Waals surface area contributed by atoms with E-state index in [9.17, 15) is 14.4 Å². The lowest BCUT2D eigenvalue weighted by molar-refractivity contribution is -0.181. The number of Topliss-reactive ketones (excluding diaryl/α,β-unsaturated/α-hetero) is 1. The molecule has 68 heavy (non-hydrogen) atoms. The first-order valence-corrected chi connectivity index (χ1v) is 24.1. The van der Waals surface area contributed by atoms with Gasteiger partial charge in [-0.15, -0.1) is 0 Å². The molecule has 0 radical (unpaired) electrons. The van der Waals surface area contributed by atoms with Crippen LogP contribution in [0, 0.1) is 11.8 Å². The first kappa shape index (κ1) is 45.8. The number of esters is 2. The molecule has 2 saturated heterocycles. The molecule has 3 aromatic rings. The van der Waals surface area contributed by atoms with E-state index in [1.807, 2.05) is 71.2 Å². The van der Waals surface area contributed by atoms with Crippen molar-refractivity contribution in [2.45, 2.75) is 122 Å². The topological polar surface area (TPSA) is 151 Å². The fraction of sp³-hybridized carbons (Fsp3) is 0.500. The number of piperazine rings is 1. The number of hydrogen-bond donors (Lipinski definition) is 1. The molecule has 6 heterocycles. The van der Waals surface area contributed by atoms with Crippen molar-refractivity contribution in [1.29, 1.82) is 0 Å². The zero-order chi connectivity index (χ0) is 48.2. The van der Waals surface area contributed by atoms with Crippen LogP contribution in [0.2, 0.25) is 0 Å². The number of carbonyl (C=O) groups is 4. The molecule has 1 N–H and O–H groups in total. The maximum absolute atomic E-state index is 15.9. The fourth-order valence-corrected chi connectivity index (χ4v) is 12.2. The number of rotatable bonds is 11. The molecule has 3 aliphatic carbocycles. The number of likely N-dealkylation sites (N-methyl/N-ethyl adjacent to an activating group) is 1. The molecule has 11 rings (SSSR count). The molecule has 8 aliphatic rings. The van der Waals surface area contributed by atoms with Crippen molar-refractivity contribution in [3.63, 3.8) is 0 Å². The zero-order valence-electron chi connectivity index (χ0n) is 41.0. The lowest BCUT2D eigenvalue weighted by Crippen LogP contribution is -2.75. The third-order valence-corrected chi connectivity index (χ3v) is 15.5. The summed E-state index contributed by atoms with van der Waals surface area (Å²) in [6.07, 6.45) is 11.9. The van der Waals surface area contributed by atoms with Gasteiger partial charge < -0.3 is 43.4 Å². The first-order valence-electron chi connectivity index (χ1n) is 24.1. The molecule has 5 aliphatic heterocycles. The number of carbonyl (C=O) groups excluding carboxylic acids is 4. The predicted molar refractivity (Wildman–Crippen MR) is 258 cm³/mol. The average Bonchev–Trinajstić information content (AvgIpc) is 3.73. The summed E-state index contributed by atoms with van der Waals surface area (Å²) in [7, 11) is 3.35. The minimum Gasteiger partial charge on any atom is -0.482 e. The van der Waals surface area contributed by atoms with E-state index in [0.29, 0.717) is 85.3 Å². The van der Waals surface area contributed by atoms with Crippen LogP contribution < -0.4 is 19.5 Å². The highest BCUT2D eigenvalue weighted by Gasteiger charge is 2.84. The minimum absolute atomic E-state index is 0.0335. The van der Waals surface area contributed by atoms with E-state index in [2.05, 4.69) is 47.7 Å². The molecule has 2 aromatic carbocycles. The Morgan fingerprint density at radius 3 is 2.41 bits per heavy atom. The SMILES string of the molecule is COC(=O)/C(C)=C\CC12OC(C)(C)C3CC(C1=O)C1C4=C(Nc5nc6ccccc6n51)c1c(OC(=O)CC(=O)N5CCN(C)CC5)c5c(c(CC=C(C)C)c1OC432)OC(C)(CCC=C(C)C)C=C5. The molecule has 1 spiro atoms. The maximum Gasteiger partial charge on any atom is 0.333 e. The number of methoxy groups -OCH3 is 1. The van der Waals surface area contributed by atoms with E-state index in [1.165, 1.54) is 12.7 Å². The number of amides is 1. The lowest BCUT2D eigenvalue weighted by atomic mass is 9.47. The van der Waals surface area contributed by atoms with E-state index >= 15 is 4.79 Å². The molecule has 1 amide bonds. The van der Waals surface area contributed by atoms with E-state index in [1.54, 1.807) is 17.9 Å². The standard InChI is InChI=1S/C54H63N5O9/c1-30(2)14-13-21-52(8)22-20-34-45(66-52)33(18-17-31(3)4)47-41(46(34)65-40(61)29-39(60)58-26-24-57(9)25-27-58)43-42-44(59-37-16-12-11-15-36(37)55-50(59)56-43)35-28-38-51(6,7)68-53(48(35)62,54(38,42)67-47)23-19-32(5)49(63)64-10/h11-12,14-17,19-20,22,35,38,44H,13,18,21,23-29H2,1-10H3,(H,55,56)/b32-19-. The Morgan fingerprint density at radius 2 is 1.69 bits per heavy atom. The maximum atomic E-state index is 15.9. The Bertz CT molecular complexity index is 2850. The second-order valence-corrected chi connectivity index (χ2v) is 21.0. The van der Waals surface area contributed by atoms with Crippen LogP contribution >= 0.6 is 0 Å². The Morgan fingerprint density at radius 1 is 0.956 bits per heavy atom. The van der Waals surface area contributed by atoms with Crippen LogP contribution in [0.15, 0.2) is 70.9 Å². The van der Waals surface area contributed by atoms with Crippen LogP contribution in [0.25, 0.3) is 22.8 Å². The molecule has 4 bridgehead atoms. The van der Waals surface area contributed by atoms with Gasteiger partial charge in [0.15, 0.2) is 22.7 Å². The van der Waals surface area contributed by atoms with Gasteiger partial charge in [-0.3, -0.25) is 14.4 Å². The van der Waals surface area contributed by atoms with Gasteiger partial charge in [0.05, 0.1) is 46.6 Å². The third-order valence-electron chi connectivity index (χ3n) is 15.5. The summed E-state index contributed by atoms with van der Waals surface area (Å²) in [4.78, 5) is 66.1. The number of fused-ring (bicyclic) bond motifs is 6. The summed E-state index contributed by atoms with van der Waals surface area (Å²) in [5.41, 5.74) is 2.69. The van der Waals surface area contributed by atoms with Crippen molar-refractivity contribution >= 4 is 52.4 Å². The Labute approximate surface area is 398 Å². The molecule has 14 nitrogen and oxygen atoms in total. The number of nitrogens with one attached hydrogen (secondary N) is 1. The van der Waals surface area contributed by atoms with Crippen LogP contribution in [0.5, 0.6) is 17.2 Å². The number of ketones is 1. The smallest absolute Gasteiger partial charge is 0.333 e. The predicted octanol–water partition coefficient (Wildman–Crippen LogP) is 8.31. The van der Waals surface area contributed by atoms with Gasteiger partial charge in [0.1, 0.15) is 23.5 Å². The number of ether oxygens (including phenoxy) is 5. The van der Waals surface area contributed by atoms with Crippen molar-refractivity contribution in [2.75, 3.05) is 45.7 Å². The molecule has 3 saturated carbocycles. The zero-order valence-corrected chi connectivity index (χ0v) is 41.0. The summed E-state index contributed by atoms with van der Waals surface area (Å²) < 4.78 is 36.3. The molecule has 358 valence electrons. The second-order valence-electron chi connectivity index (χ2n) is 21.0. The van der Waals surface area contributed by atoms with Gasteiger partial charge in [-0.25, -0.2) is 9.78 Å². The van der Waals surface area contributed by atoms with E-state index in [0.717, 1.165) is 34.2 Å². The summed E-state index contributed by atoms with van der Waals surface area (Å²) in [6.45, 7) is 18.5. The van der Waals surface area contributed by atoms with Crippen LogP contribution in [0.3, 0.4) is 0 Å². The molecule has 5 fully saturated rings. The number of para-hydroxylation sites is 2. The monoisotopic (exact) mass is 925 g/mol. The van der Waals surface area contributed by atoms with E-state index < -0.39 is 52.7 Å². The fourth-order valence-electron chi connectivity index (χ4n) is 12.2. The van der Waals surface area contributed by atoms with Crippen LogP contribution in [-0.2, 0) is 35.1 Å². The Hall–Kier alpha value is -5.99. The number of anilines is 1. The highest BCUT2D eigenvalue weighted by molar-refractivity contribution is 6.04. The van der Waals surface area contributed by atoms with Gasteiger partial charge in [-0.05, 0) is 112 Å². The van der Waals surface area contributed by atoms with E-state index in [-0.39, 0.29) is 29.8 Å². The summed E-state index contributed by atoms with van der Waals surface area (Å²) in [6, 6.07) is 7.31. The van der Waals surface area contributed by atoms with Crippen molar-refractivity contribution in [2.24, 2.45) is 11.8 Å². The highest BCUT2D eigenvalue weighted by Crippen LogP contribution is 2.74. The molecule has 6 atom stereocenters. The third kappa shape index (κ3) is 6.90. The molecular weight excluding hydrogens is 863 g/mol. The number of nitrogens with zero attached hydrogens (tertiary/aromatic N) is 4. The van der Waals surface area contributed by atoms with Crippen molar-refractivity contribution < 1.29 is 42.9 Å². The van der Waals surface area contributed by atoms with Gasteiger partial charge >= 0.3 is 11.9 Å². The summed E-state index contributed by atoms with van der Waals surface area (Å²) >= 11 is 0. The number of aromatic nitrogens is 2. The van der Waals surface area contributed by atoms with Crippen LogP contribution in [0.4, 0.5) is 5.95 Å². The van der Waals surface area contributed by atoms with Crippen LogP contribution in [-0.4, -0.2) is 106 Å². The number of benzene rings is 2. The number of allylic oxidation sites excluding steroid dienone is 4. The summed E-state index contributed by atoms with van der Waals surface area (Å²) in [5.74, 6) is -0.953. The molecule has 6 unspecified atom stereocenters. The van der Waals surface area contributed by atoms with Gasteiger partial charge in [0, 0.05) is 61.1 Å². The van der Waals surface area contributed by atoms with Gasteiger partial charge in [-0.1, -0.05) is 41.5 Å². The largest absolute Gasteiger partial charge is 0.482 e. The average molecular weight is 926 g/mol.